The summed E-state index contributed by atoms with van der Waals surface area (Å²) in [6.07, 6.45) is 7.59. The molecule has 0 aliphatic carbocycles. The maximum atomic E-state index is 9.83. The average molecular weight is 255 g/mol. The summed E-state index contributed by atoms with van der Waals surface area (Å²) in [5.74, 6) is 0. The molecule has 0 bridgehead atoms. The maximum Gasteiger partial charge on any atom is 0.101 e. The number of unbranched alkanes of at least 4 members (excludes halogenated alkanes) is 5. The minimum Gasteiger partial charge on any atom is -0.386 e. The quantitative estimate of drug-likeness (QED) is 0.624. The van der Waals surface area contributed by atoms with Crippen LogP contribution in [0.2, 0.25) is 0 Å². The number of aliphatic hydroxyl groups excluding tert-OH is 1. The van der Waals surface area contributed by atoms with Crippen molar-refractivity contribution in [3.8, 4) is 0 Å². The van der Waals surface area contributed by atoms with Gasteiger partial charge in [0.05, 0.1) is 0 Å². The molecule has 1 atom stereocenters. The molecule has 1 aromatic rings. The van der Waals surface area contributed by atoms with Crippen molar-refractivity contribution in [3.63, 3.8) is 0 Å². The van der Waals surface area contributed by atoms with Gasteiger partial charge in [-0.1, -0.05) is 45.1 Å². The lowest BCUT2D eigenvalue weighted by molar-refractivity contribution is 0.178. The van der Waals surface area contributed by atoms with Gasteiger partial charge in [-0.05, 0) is 24.4 Å². The zero-order chi connectivity index (χ0) is 12.3. The average Bonchev–Trinajstić information content (AvgIpc) is 2.86. The highest BCUT2D eigenvalue weighted by molar-refractivity contribution is 7.10. The van der Waals surface area contributed by atoms with Gasteiger partial charge in [0.1, 0.15) is 6.10 Å². The van der Waals surface area contributed by atoms with Crippen LogP contribution in [0.4, 0.5) is 0 Å². The summed E-state index contributed by atoms with van der Waals surface area (Å²) in [6, 6.07) is 3.97. The Hall–Kier alpha value is -0.380. The molecule has 17 heavy (non-hydrogen) atoms. The lowest BCUT2D eigenvalue weighted by Crippen LogP contribution is -2.22. The second kappa shape index (κ2) is 9.63. The third kappa shape index (κ3) is 6.81. The monoisotopic (exact) mass is 255 g/mol. The molecule has 0 fully saturated rings. The van der Waals surface area contributed by atoms with Crippen molar-refractivity contribution in [3.05, 3.63) is 22.4 Å². The van der Waals surface area contributed by atoms with E-state index in [0.29, 0.717) is 6.54 Å². The van der Waals surface area contributed by atoms with Crippen molar-refractivity contribution < 1.29 is 5.11 Å². The Morgan fingerprint density at radius 2 is 2.00 bits per heavy atom. The second-order valence-electron chi connectivity index (χ2n) is 4.50. The van der Waals surface area contributed by atoms with Gasteiger partial charge >= 0.3 is 0 Å². The van der Waals surface area contributed by atoms with Gasteiger partial charge in [0, 0.05) is 11.4 Å². The molecule has 1 aromatic heterocycles. The Labute approximate surface area is 109 Å². The molecule has 0 radical (unpaired) electrons. The van der Waals surface area contributed by atoms with E-state index in [4.69, 9.17) is 0 Å². The topological polar surface area (TPSA) is 32.3 Å². The molecule has 1 heterocycles. The van der Waals surface area contributed by atoms with E-state index < -0.39 is 0 Å². The first-order chi connectivity index (χ1) is 8.34. The first-order valence-electron chi connectivity index (χ1n) is 6.76. The van der Waals surface area contributed by atoms with Crippen molar-refractivity contribution in [2.75, 3.05) is 13.1 Å². The molecular formula is C14H25NOS. The van der Waals surface area contributed by atoms with Crippen LogP contribution >= 0.6 is 11.3 Å². The zero-order valence-corrected chi connectivity index (χ0v) is 11.6. The predicted molar refractivity (Wildman–Crippen MR) is 75.5 cm³/mol. The molecule has 0 amide bonds. The third-order valence-corrected chi connectivity index (χ3v) is 3.89. The van der Waals surface area contributed by atoms with E-state index >= 15 is 0 Å². The Morgan fingerprint density at radius 1 is 1.24 bits per heavy atom. The molecule has 0 aliphatic rings. The van der Waals surface area contributed by atoms with E-state index in [1.54, 1.807) is 11.3 Å². The second-order valence-corrected chi connectivity index (χ2v) is 5.48. The summed E-state index contributed by atoms with van der Waals surface area (Å²) in [5, 5.41) is 15.2. The lowest BCUT2D eigenvalue weighted by atomic mass is 10.1. The van der Waals surface area contributed by atoms with Crippen LogP contribution in [-0.2, 0) is 0 Å². The Kier molecular flexibility index (Phi) is 8.32. The molecule has 0 spiro atoms. The van der Waals surface area contributed by atoms with Gasteiger partial charge in [0.15, 0.2) is 0 Å². The molecular weight excluding hydrogens is 230 g/mol. The summed E-state index contributed by atoms with van der Waals surface area (Å²) in [4.78, 5) is 1.06. The Balaban J connectivity index is 1.90. The van der Waals surface area contributed by atoms with Crippen molar-refractivity contribution in [2.24, 2.45) is 0 Å². The maximum absolute atomic E-state index is 9.83. The largest absolute Gasteiger partial charge is 0.386 e. The fourth-order valence-corrected chi connectivity index (χ4v) is 2.56. The molecule has 0 saturated carbocycles. The molecule has 98 valence electrons. The summed E-state index contributed by atoms with van der Waals surface area (Å²) >= 11 is 1.62. The highest BCUT2D eigenvalue weighted by atomic mass is 32.1. The normalized spacial score (nSPS) is 12.8. The van der Waals surface area contributed by atoms with Crippen LogP contribution < -0.4 is 5.32 Å². The zero-order valence-electron chi connectivity index (χ0n) is 10.8. The van der Waals surface area contributed by atoms with E-state index in [2.05, 4.69) is 12.2 Å². The summed E-state index contributed by atoms with van der Waals surface area (Å²) in [6.45, 7) is 3.94. The van der Waals surface area contributed by atoms with Gasteiger partial charge in [0.2, 0.25) is 0 Å². The van der Waals surface area contributed by atoms with Gasteiger partial charge in [-0.3, -0.25) is 0 Å². The fourth-order valence-electron chi connectivity index (χ4n) is 1.85. The number of thiophene rings is 1. The molecule has 0 aliphatic heterocycles. The van der Waals surface area contributed by atoms with E-state index in [1.165, 1.54) is 38.5 Å². The highest BCUT2D eigenvalue weighted by Crippen LogP contribution is 2.17. The third-order valence-electron chi connectivity index (χ3n) is 2.92. The van der Waals surface area contributed by atoms with Gasteiger partial charge in [-0.2, -0.15) is 0 Å². The number of hydrogen-bond donors (Lipinski definition) is 2. The van der Waals surface area contributed by atoms with Crippen LogP contribution in [0.15, 0.2) is 17.5 Å². The van der Waals surface area contributed by atoms with E-state index in [-0.39, 0.29) is 6.10 Å². The van der Waals surface area contributed by atoms with E-state index in [1.807, 2.05) is 17.5 Å². The minimum absolute atomic E-state index is 0.338. The predicted octanol–water partition coefficient (Wildman–Crippen LogP) is 3.73. The van der Waals surface area contributed by atoms with Crippen molar-refractivity contribution in [2.45, 2.75) is 51.6 Å². The van der Waals surface area contributed by atoms with Crippen molar-refractivity contribution in [1.29, 1.82) is 0 Å². The molecule has 0 saturated heterocycles. The molecule has 3 heteroatoms. The summed E-state index contributed by atoms with van der Waals surface area (Å²) in [5.41, 5.74) is 0. The molecule has 1 rings (SSSR count). The smallest absolute Gasteiger partial charge is 0.101 e. The van der Waals surface area contributed by atoms with Crippen LogP contribution in [0.25, 0.3) is 0 Å². The first-order valence-corrected chi connectivity index (χ1v) is 7.64. The molecule has 0 aromatic carbocycles. The number of aliphatic hydroxyl groups is 1. The minimum atomic E-state index is -0.338. The number of rotatable bonds is 10. The van der Waals surface area contributed by atoms with Crippen molar-refractivity contribution >= 4 is 11.3 Å². The summed E-state index contributed by atoms with van der Waals surface area (Å²) in [7, 11) is 0. The SMILES string of the molecule is CCCCCCCCNCC(O)c1cccs1. The first kappa shape index (κ1) is 14.7. The van der Waals surface area contributed by atoms with Crippen molar-refractivity contribution in [1.82, 2.24) is 5.32 Å². The van der Waals surface area contributed by atoms with Crippen LogP contribution in [0.1, 0.15) is 56.4 Å². The molecule has 1 unspecified atom stereocenters. The van der Waals surface area contributed by atoms with Crippen LogP contribution in [0.3, 0.4) is 0 Å². The standard InChI is InChI=1S/C14H25NOS/c1-2-3-4-5-6-7-10-15-12-13(16)14-9-8-11-17-14/h8-9,11,13,15-16H,2-7,10,12H2,1H3. The number of hydrogen-bond acceptors (Lipinski definition) is 3. The molecule has 2 N–H and O–H groups in total. The van der Waals surface area contributed by atoms with Gasteiger partial charge < -0.3 is 10.4 Å². The van der Waals surface area contributed by atoms with Gasteiger partial charge in [-0.25, -0.2) is 0 Å². The number of nitrogens with one attached hydrogen (secondary N) is 1. The highest BCUT2D eigenvalue weighted by Gasteiger charge is 2.06. The van der Waals surface area contributed by atoms with Gasteiger partial charge in [0.25, 0.3) is 0 Å². The molecule has 2 nitrogen and oxygen atoms in total. The van der Waals surface area contributed by atoms with Crippen LogP contribution in [0, 0.1) is 0 Å². The Bertz CT molecular complexity index is 261. The van der Waals surface area contributed by atoms with Crippen LogP contribution in [0.5, 0.6) is 0 Å². The van der Waals surface area contributed by atoms with E-state index in [0.717, 1.165) is 11.4 Å². The van der Waals surface area contributed by atoms with Crippen LogP contribution in [-0.4, -0.2) is 18.2 Å². The Morgan fingerprint density at radius 3 is 2.71 bits per heavy atom. The lowest BCUT2D eigenvalue weighted by Gasteiger charge is -2.09. The fraction of sp³-hybridized carbons (Fsp3) is 0.714. The summed E-state index contributed by atoms with van der Waals surface area (Å²) < 4.78 is 0. The van der Waals surface area contributed by atoms with E-state index in [9.17, 15) is 5.11 Å². The van der Waals surface area contributed by atoms with Gasteiger partial charge in [-0.15, -0.1) is 11.3 Å².